The second-order valence-electron chi connectivity index (χ2n) is 4.90. The van der Waals surface area contributed by atoms with Gasteiger partial charge in [-0.25, -0.2) is 4.99 Å². The van der Waals surface area contributed by atoms with Crippen molar-refractivity contribution in [2.75, 3.05) is 7.11 Å². The molecule has 0 aromatic heterocycles. The van der Waals surface area contributed by atoms with E-state index >= 15 is 0 Å². The maximum atomic E-state index is 5.20. The Kier molecular flexibility index (Phi) is 5.12. The van der Waals surface area contributed by atoms with E-state index in [-0.39, 0.29) is 0 Å². The van der Waals surface area contributed by atoms with E-state index < -0.39 is 0 Å². The molecule has 0 N–H and O–H groups in total. The molecule has 0 atom stereocenters. The lowest BCUT2D eigenvalue weighted by molar-refractivity contribution is 0.415. The molecule has 0 heterocycles. The van der Waals surface area contributed by atoms with Crippen LogP contribution in [0.4, 0.5) is 5.69 Å². The topological polar surface area (TPSA) is 21.6 Å². The third-order valence-corrected chi connectivity index (χ3v) is 4.31. The highest BCUT2D eigenvalue weighted by molar-refractivity contribution is 8.14. The Morgan fingerprint density at radius 3 is 2.00 bits per heavy atom. The summed E-state index contributed by atoms with van der Waals surface area (Å²) < 4.78 is 5.20. The third-order valence-electron chi connectivity index (χ3n) is 3.28. The van der Waals surface area contributed by atoms with Crippen molar-refractivity contribution in [3.05, 3.63) is 90.5 Å². The molecule has 3 aromatic carbocycles. The highest BCUT2D eigenvalue weighted by Gasteiger charge is 2.06. The summed E-state index contributed by atoms with van der Waals surface area (Å²) in [6, 6.07) is 28.3. The first-order valence-corrected chi connectivity index (χ1v) is 8.18. The predicted molar refractivity (Wildman–Crippen MR) is 97.9 cm³/mol. The summed E-state index contributed by atoms with van der Waals surface area (Å²) in [7, 11) is 1.67. The van der Waals surface area contributed by atoms with Crippen molar-refractivity contribution < 1.29 is 4.74 Å². The number of aliphatic imine (C=N–C) groups is 1. The lowest BCUT2D eigenvalue weighted by Crippen LogP contribution is -1.94. The molecule has 0 aliphatic heterocycles. The van der Waals surface area contributed by atoms with Crippen LogP contribution in [-0.2, 0) is 0 Å². The summed E-state index contributed by atoms with van der Waals surface area (Å²) in [5.41, 5.74) is 2.02. The summed E-state index contributed by atoms with van der Waals surface area (Å²) in [4.78, 5) is 5.99. The van der Waals surface area contributed by atoms with E-state index in [1.54, 1.807) is 18.9 Å². The molecule has 0 aliphatic carbocycles. The van der Waals surface area contributed by atoms with Crippen molar-refractivity contribution in [1.82, 2.24) is 0 Å². The largest absolute Gasteiger partial charge is 0.497 e. The van der Waals surface area contributed by atoms with Crippen LogP contribution in [0.1, 0.15) is 5.56 Å². The van der Waals surface area contributed by atoms with Gasteiger partial charge in [0, 0.05) is 10.5 Å². The Morgan fingerprint density at radius 1 is 0.783 bits per heavy atom. The highest BCUT2D eigenvalue weighted by Crippen LogP contribution is 2.27. The minimum atomic E-state index is 0.834. The minimum Gasteiger partial charge on any atom is -0.497 e. The SMILES string of the molecule is COc1ccc(N=C(Sc2ccccc2)c2ccccc2)cc1. The van der Waals surface area contributed by atoms with Crippen molar-refractivity contribution in [2.24, 2.45) is 4.99 Å². The summed E-state index contributed by atoms with van der Waals surface area (Å²) >= 11 is 1.67. The normalized spacial score (nSPS) is 11.3. The van der Waals surface area contributed by atoms with E-state index in [1.807, 2.05) is 60.7 Å². The van der Waals surface area contributed by atoms with Gasteiger partial charge in [0.1, 0.15) is 10.8 Å². The van der Waals surface area contributed by atoms with Gasteiger partial charge in [0.25, 0.3) is 0 Å². The first-order valence-electron chi connectivity index (χ1n) is 7.36. The third kappa shape index (κ3) is 4.24. The first-order chi connectivity index (χ1) is 11.3. The quantitative estimate of drug-likeness (QED) is 0.356. The van der Waals surface area contributed by atoms with Crippen LogP contribution in [0.2, 0.25) is 0 Å². The zero-order chi connectivity index (χ0) is 15.9. The van der Waals surface area contributed by atoms with Crippen LogP contribution in [0.3, 0.4) is 0 Å². The number of hydrogen-bond acceptors (Lipinski definition) is 3. The van der Waals surface area contributed by atoms with E-state index in [1.165, 1.54) is 4.90 Å². The van der Waals surface area contributed by atoms with Gasteiger partial charge in [-0.05, 0) is 36.4 Å². The fourth-order valence-electron chi connectivity index (χ4n) is 2.10. The Bertz CT molecular complexity index is 768. The molecule has 23 heavy (non-hydrogen) atoms. The lowest BCUT2D eigenvalue weighted by atomic mass is 10.2. The van der Waals surface area contributed by atoms with Crippen LogP contribution in [0.5, 0.6) is 5.75 Å². The molecule has 114 valence electrons. The molecule has 0 saturated carbocycles. The fraction of sp³-hybridized carbons (Fsp3) is 0.0500. The van der Waals surface area contributed by atoms with E-state index in [4.69, 9.17) is 9.73 Å². The number of hydrogen-bond donors (Lipinski definition) is 0. The molecule has 0 bridgehead atoms. The van der Waals surface area contributed by atoms with E-state index in [0.717, 1.165) is 22.0 Å². The predicted octanol–water partition coefficient (Wildman–Crippen LogP) is 5.57. The lowest BCUT2D eigenvalue weighted by Gasteiger charge is -2.07. The average molecular weight is 319 g/mol. The minimum absolute atomic E-state index is 0.834. The zero-order valence-corrected chi connectivity index (χ0v) is 13.7. The first kappa shape index (κ1) is 15.4. The van der Waals surface area contributed by atoms with Crippen molar-refractivity contribution in [1.29, 1.82) is 0 Å². The van der Waals surface area contributed by atoms with Gasteiger partial charge in [-0.2, -0.15) is 0 Å². The van der Waals surface area contributed by atoms with Gasteiger partial charge < -0.3 is 4.74 Å². The van der Waals surface area contributed by atoms with Gasteiger partial charge in [0.05, 0.1) is 12.8 Å². The zero-order valence-electron chi connectivity index (χ0n) is 12.8. The molecule has 2 nitrogen and oxygen atoms in total. The van der Waals surface area contributed by atoms with E-state index in [2.05, 4.69) is 24.3 Å². The van der Waals surface area contributed by atoms with Crippen molar-refractivity contribution in [3.8, 4) is 5.75 Å². The molecule has 0 unspecified atom stereocenters. The van der Waals surface area contributed by atoms with E-state index in [0.29, 0.717) is 0 Å². The summed E-state index contributed by atoms with van der Waals surface area (Å²) in [5.74, 6) is 0.834. The van der Waals surface area contributed by atoms with Crippen LogP contribution < -0.4 is 4.74 Å². The Hall–Kier alpha value is -2.52. The molecular weight excluding hydrogens is 302 g/mol. The summed E-state index contributed by atoms with van der Waals surface area (Å²) in [5, 5.41) is 0.974. The second-order valence-corrected chi connectivity index (χ2v) is 5.96. The molecule has 0 aliphatic rings. The van der Waals surface area contributed by atoms with Gasteiger partial charge >= 0.3 is 0 Å². The van der Waals surface area contributed by atoms with Crippen LogP contribution in [0.15, 0.2) is 94.8 Å². The average Bonchev–Trinajstić information content (AvgIpc) is 2.63. The number of rotatable bonds is 4. The fourth-order valence-corrected chi connectivity index (χ4v) is 3.02. The number of nitrogens with zero attached hydrogens (tertiary/aromatic N) is 1. The Balaban J connectivity index is 1.95. The number of ether oxygens (including phenoxy) is 1. The maximum Gasteiger partial charge on any atom is 0.119 e. The Morgan fingerprint density at radius 2 is 1.39 bits per heavy atom. The van der Waals surface area contributed by atoms with Gasteiger partial charge in [-0.1, -0.05) is 60.3 Å². The molecule has 0 spiro atoms. The smallest absolute Gasteiger partial charge is 0.119 e. The highest BCUT2D eigenvalue weighted by atomic mass is 32.2. The molecule has 3 aromatic rings. The summed E-state index contributed by atoms with van der Waals surface area (Å²) in [6.45, 7) is 0. The monoisotopic (exact) mass is 319 g/mol. The summed E-state index contributed by atoms with van der Waals surface area (Å²) in [6.07, 6.45) is 0. The van der Waals surface area contributed by atoms with Crippen molar-refractivity contribution in [2.45, 2.75) is 4.90 Å². The van der Waals surface area contributed by atoms with Crippen LogP contribution in [0, 0.1) is 0 Å². The van der Waals surface area contributed by atoms with Gasteiger partial charge in [0.15, 0.2) is 0 Å². The number of thioether (sulfide) groups is 1. The second kappa shape index (κ2) is 7.65. The number of methoxy groups -OCH3 is 1. The molecular formula is C20H17NOS. The van der Waals surface area contributed by atoms with Gasteiger partial charge in [0.2, 0.25) is 0 Å². The van der Waals surface area contributed by atoms with Crippen LogP contribution in [-0.4, -0.2) is 12.2 Å². The van der Waals surface area contributed by atoms with Crippen LogP contribution in [0.25, 0.3) is 0 Å². The standard InChI is InChI=1S/C20H17NOS/c1-22-18-14-12-17(13-15-18)21-20(16-8-4-2-5-9-16)23-19-10-6-3-7-11-19/h2-15H,1H3. The van der Waals surface area contributed by atoms with Crippen molar-refractivity contribution in [3.63, 3.8) is 0 Å². The van der Waals surface area contributed by atoms with Crippen molar-refractivity contribution >= 4 is 22.5 Å². The van der Waals surface area contributed by atoms with Crippen LogP contribution >= 0.6 is 11.8 Å². The molecule has 0 fully saturated rings. The molecule has 0 saturated heterocycles. The maximum absolute atomic E-state index is 5.20. The van der Waals surface area contributed by atoms with Gasteiger partial charge in [-0.15, -0.1) is 0 Å². The molecule has 3 rings (SSSR count). The molecule has 3 heteroatoms. The molecule has 0 amide bonds. The Labute approximate surface area is 140 Å². The van der Waals surface area contributed by atoms with E-state index in [9.17, 15) is 0 Å². The number of benzene rings is 3. The molecule has 0 radical (unpaired) electrons. The van der Waals surface area contributed by atoms with Gasteiger partial charge in [-0.3, -0.25) is 0 Å².